The quantitative estimate of drug-likeness (QED) is 0.641. The summed E-state index contributed by atoms with van der Waals surface area (Å²) in [6.07, 6.45) is 0. The van der Waals surface area contributed by atoms with Gasteiger partial charge in [-0.15, -0.1) is 11.3 Å². The molecule has 0 aliphatic heterocycles. The Morgan fingerprint density at radius 3 is 2.75 bits per heavy atom. The van der Waals surface area contributed by atoms with E-state index in [9.17, 15) is 10.0 Å². The number of nitrogens with zero attached hydrogens (tertiary/aromatic N) is 1. The molecule has 84 valence electrons. The monoisotopic (exact) mass is 235 g/mol. The molecule has 3 nitrogen and oxygen atoms in total. The van der Waals surface area contributed by atoms with Crippen LogP contribution in [0.2, 0.25) is 0 Å². The van der Waals surface area contributed by atoms with Crippen LogP contribution < -0.4 is 0 Å². The number of fused-ring (bicyclic) bond motifs is 1. The van der Waals surface area contributed by atoms with Gasteiger partial charge >= 0.3 is 0 Å². The average molecular weight is 235 g/mol. The highest BCUT2D eigenvalue weighted by molar-refractivity contribution is 7.19. The maximum Gasteiger partial charge on any atom is 0.243 e. The third-order valence-corrected chi connectivity index (χ3v) is 3.83. The lowest BCUT2D eigenvalue weighted by Gasteiger charge is -2.19. The lowest BCUT2D eigenvalue weighted by atomic mass is 10.2. The van der Waals surface area contributed by atoms with Gasteiger partial charge < -0.3 is 0 Å². The van der Waals surface area contributed by atoms with E-state index in [0.29, 0.717) is 0 Å². The Labute approximate surface area is 97.9 Å². The SMILES string of the molecule is CC(=O)N(O)C(C)c1cc2ccccc2s1. The predicted molar refractivity (Wildman–Crippen MR) is 64.5 cm³/mol. The fraction of sp³-hybridized carbons (Fsp3) is 0.250. The second kappa shape index (κ2) is 4.23. The first-order chi connectivity index (χ1) is 7.59. The molecule has 0 aliphatic rings. The minimum Gasteiger partial charge on any atom is -0.285 e. The summed E-state index contributed by atoms with van der Waals surface area (Å²) < 4.78 is 1.17. The van der Waals surface area contributed by atoms with Gasteiger partial charge in [-0.3, -0.25) is 10.0 Å². The summed E-state index contributed by atoms with van der Waals surface area (Å²) in [5.41, 5.74) is 0. The molecule has 1 amide bonds. The highest BCUT2D eigenvalue weighted by Crippen LogP contribution is 2.31. The highest BCUT2D eigenvalue weighted by Gasteiger charge is 2.18. The van der Waals surface area contributed by atoms with E-state index < -0.39 is 0 Å². The van der Waals surface area contributed by atoms with Crippen LogP contribution in [0, 0.1) is 0 Å². The van der Waals surface area contributed by atoms with Gasteiger partial charge in [0.05, 0.1) is 6.04 Å². The third-order valence-electron chi connectivity index (χ3n) is 2.55. The van der Waals surface area contributed by atoms with E-state index in [0.717, 1.165) is 15.3 Å². The van der Waals surface area contributed by atoms with Crippen molar-refractivity contribution in [3.05, 3.63) is 35.2 Å². The average Bonchev–Trinajstić information content (AvgIpc) is 2.70. The molecule has 1 heterocycles. The molecule has 0 spiro atoms. The Hall–Kier alpha value is -1.39. The van der Waals surface area contributed by atoms with Crippen molar-refractivity contribution in [2.24, 2.45) is 0 Å². The van der Waals surface area contributed by atoms with Gasteiger partial charge in [-0.25, -0.2) is 5.06 Å². The molecule has 0 saturated carbocycles. The first kappa shape index (κ1) is 11.1. The number of carbonyl (C=O) groups is 1. The normalized spacial score (nSPS) is 12.7. The summed E-state index contributed by atoms with van der Waals surface area (Å²) in [5, 5.41) is 11.5. The third kappa shape index (κ3) is 1.94. The summed E-state index contributed by atoms with van der Waals surface area (Å²) in [6.45, 7) is 3.16. The Morgan fingerprint density at radius 2 is 2.12 bits per heavy atom. The van der Waals surface area contributed by atoms with E-state index in [-0.39, 0.29) is 11.9 Å². The van der Waals surface area contributed by atoms with Gasteiger partial charge in [0.15, 0.2) is 0 Å². The number of rotatable bonds is 2. The van der Waals surface area contributed by atoms with Gasteiger partial charge in [0, 0.05) is 16.5 Å². The molecule has 16 heavy (non-hydrogen) atoms. The molecule has 0 radical (unpaired) electrons. The maximum absolute atomic E-state index is 11.1. The van der Waals surface area contributed by atoms with E-state index in [2.05, 4.69) is 0 Å². The minimum absolute atomic E-state index is 0.296. The van der Waals surface area contributed by atoms with Crippen LogP contribution in [0.5, 0.6) is 0 Å². The molecule has 1 atom stereocenters. The number of benzene rings is 1. The molecule has 2 rings (SSSR count). The van der Waals surface area contributed by atoms with Crippen LogP contribution in [0.4, 0.5) is 0 Å². The second-order valence-corrected chi connectivity index (χ2v) is 4.84. The first-order valence-electron chi connectivity index (χ1n) is 5.06. The van der Waals surface area contributed by atoms with Crippen molar-refractivity contribution in [3.8, 4) is 0 Å². The number of hydrogen-bond donors (Lipinski definition) is 1. The van der Waals surface area contributed by atoms with Crippen molar-refractivity contribution in [3.63, 3.8) is 0 Å². The second-order valence-electron chi connectivity index (χ2n) is 3.73. The predicted octanol–water partition coefficient (Wildman–Crippen LogP) is 3.20. The summed E-state index contributed by atoms with van der Waals surface area (Å²) in [6, 6.07) is 9.73. The molecule has 1 N–H and O–H groups in total. The smallest absolute Gasteiger partial charge is 0.243 e. The molecule has 2 aromatic rings. The molecule has 4 heteroatoms. The van der Waals surface area contributed by atoms with E-state index >= 15 is 0 Å². The summed E-state index contributed by atoms with van der Waals surface area (Å²) >= 11 is 1.60. The van der Waals surface area contributed by atoms with Crippen LogP contribution in [-0.2, 0) is 4.79 Å². The molecular formula is C12H13NO2S. The van der Waals surface area contributed by atoms with Gasteiger partial charge in [0.1, 0.15) is 0 Å². The van der Waals surface area contributed by atoms with Crippen LogP contribution in [0.15, 0.2) is 30.3 Å². The van der Waals surface area contributed by atoms with Crippen LogP contribution in [0.1, 0.15) is 24.8 Å². The van der Waals surface area contributed by atoms with Crippen LogP contribution in [0.3, 0.4) is 0 Å². The van der Waals surface area contributed by atoms with Crippen molar-refractivity contribution in [1.29, 1.82) is 0 Å². The van der Waals surface area contributed by atoms with E-state index in [1.54, 1.807) is 11.3 Å². The van der Waals surface area contributed by atoms with E-state index in [1.165, 1.54) is 11.6 Å². The number of amides is 1. The highest BCUT2D eigenvalue weighted by atomic mass is 32.1. The van der Waals surface area contributed by atoms with Gasteiger partial charge in [0.2, 0.25) is 5.91 Å². The van der Waals surface area contributed by atoms with Crippen LogP contribution >= 0.6 is 11.3 Å². The summed E-state index contributed by atoms with van der Waals surface area (Å²) in [7, 11) is 0. The van der Waals surface area contributed by atoms with Crippen molar-refractivity contribution in [1.82, 2.24) is 5.06 Å². The summed E-state index contributed by atoms with van der Waals surface area (Å²) in [5.74, 6) is -0.343. The largest absolute Gasteiger partial charge is 0.285 e. The minimum atomic E-state index is -0.343. The number of thiophene rings is 1. The fourth-order valence-corrected chi connectivity index (χ4v) is 2.70. The van der Waals surface area contributed by atoms with Crippen LogP contribution in [-0.4, -0.2) is 16.2 Å². The number of hydrogen-bond acceptors (Lipinski definition) is 3. The Kier molecular flexibility index (Phi) is 2.94. The molecule has 1 unspecified atom stereocenters. The van der Waals surface area contributed by atoms with Gasteiger partial charge in [-0.1, -0.05) is 18.2 Å². The Morgan fingerprint density at radius 1 is 1.44 bits per heavy atom. The molecule has 1 aromatic heterocycles. The Balaban J connectivity index is 2.36. The first-order valence-corrected chi connectivity index (χ1v) is 5.88. The summed E-state index contributed by atoms with van der Waals surface area (Å²) in [4.78, 5) is 12.0. The lowest BCUT2D eigenvalue weighted by Crippen LogP contribution is -2.27. The number of carbonyl (C=O) groups excluding carboxylic acids is 1. The zero-order chi connectivity index (χ0) is 11.7. The Bertz CT molecular complexity index is 487. The molecule has 0 aliphatic carbocycles. The molecule has 1 aromatic carbocycles. The van der Waals surface area contributed by atoms with Crippen molar-refractivity contribution in [2.45, 2.75) is 19.9 Å². The standard InChI is InChI=1S/C12H13NO2S/c1-8(13(15)9(2)14)12-7-10-5-3-4-6-11(10)16-12/h3-8,15H,1-2H3. The molecule has 0 bridgehead atoms. The zero-order valence-electron chi connectivity index (χ0n) is 9.18. The molecule has 0 saturated heterocycles. The molecule has 0 fully saturated rings. The zero-order valence-corrected chi connectivity index (χ0v) is 9.99. The van der Waals surface area contributed by atoms with E-state index in [1.807, 2.05) is 37.3 Å². The van der Waals surface area contributed by atoms with E-state index in [4.69, 9.17) is 0 Å². The number of hydroxylamine groups is 2. The lowest BCUT2D eigenvalue weighted by molar-refractivity contribution is -0.172. The fourth-order valence-electron chi connectivity index (χ4n) is 1.60. The van der Waals surface area contributed by atoms with Gasteiger partial charge in [-0.2, -0.15) is 0 Å². The van der Waals surface area contributed by atoms with Gasteiger partial charge in [-0.05, 0) is 24.4 Å². The van der Waals surface area contributed by atoms with Gasteiger partial charge in [0.25, 0.3) is 0 Å². The van der Waals surface area contributed by atoms with Crippen molar-refractivity contribution >= 4 is 27.3 Å². The topological polar surface area (TPSA) is 40.5 Å². The van der Waals surface area contributed by atoms with Crippen molar-refractivity contribution in [2.75, 3.05) is 0 Å². The van der Waals surface area contributed by atoms with Crippen molar-refractivity contribution < 1.29 is 10.0 Å². The maximum atomic E-state index is 11.1. The van der Waals surface area contributed by atoms with Crippen LogP contribution in [0.25, 0.3) is 10.1 Å². The molecular weight excluding hydrogens is 222 g/mol.